The van der Waals surface area contributed by atoms with Crippen molar-refractivity contribution in [3.05, 3.63) is 78.3 Å². The molecule has 6 heteroatoms. The van der Waals surface area contributed by atoms with E-state index in [-0.39, 0.29) is 5.91 Å². The van der Waals surface area contributed by atoms with Gasteiger partial charge in [0.15, 0.2) is 0 Å². The van der Waals surface area contributed by atoms with Gasteiger partial charge < -0.3 is 14.7 Å². The van der Waals surface area contributed by atoms with Crippen LogP contribution >= 0.6 is 0 Å². The Morgan fingerprint density at radius 3 is 2.79 bits per heavy atom. The lowest BCUT2D eigenvalue weighted by molar-refractivity contribution is 0.102. The molecule has 2 N–H and O–H groups in total. The smallest absolute Gasteiger partial charge is 0.272 e. The molecule has 0 fully saturated rings. The number of aromatic amines is 1. The van der Waals surface area contributed by atoms with E-state index in [1.807, 2.05) is 55.5 Å². The van der Waals surface area contributed by atoms with E-state index in [1.54, 1.807) is 0 Å². The molecule has 28 heavy (non-hydrogen) atoms. The van der Waals surface area contributed by atoms with Gasteiger partial charge in [0.25, 0.3) is 5.91 Å². The van der Waals surface area contributed by atoms with Crippen LogP contribution in [0.1, 0.15) is 16.1 Å². The highest BCUT2D eigenvalue weighted by atomic mass is 16.4. The third kappa shape index (κ3) is 2.72. The van der Waals surface area contributed by atoms with E-state index in [9.17, 15) is 4.79 Å². The Hall–Kier alpha value is -3.93. The van der Waals surface area contributed by atoms with E-state index >= 15 is 0 Å². The van der Waals surface area contributed by atoms with Gasteiger partial charge in [0, 0.05) is 22.2 Å². The predicted molar refractivity (Wildman–Crippen MR) is 108 cm³/mol. The van der Waals surface area contributed by atoms with E-state index in [0.29, 0.717) is 17.3 Å². The molecule has 0 radical (unpaired) electrons. The number of anilines is 1. The van der Waals surface area contributed by atoms with Crippen molar-refractivity contribution in [3.8, 4) is 11.5 Å². The maximum Gasteiger partial charge on any atom is 0.272 e. The number of rotatable bonds is 3. The van der Waals surface area contributed by atoms with Crippen molar-refractivity contribution in [2.75, 3.05) is 5.32 Å². The molecule has 0 saturated heterocycles. The topological polar surface area (TPSA) is 83.8 Å². The highest BCUT2D eigenvalue weighted by Gasteiger charge is 2.14. The summed E-state index contributed by atoms with van der Waals surface area (Å²) >= 11 is 0. The van der Waals surface area contributed by atoms with Gasteiger partial charge in [-0.1, -0.05) is 36.4 Å². The third-order valence-electron chi connectivity index (χ3n) is 4.87. The molecular formula is C22H16N4O2. The van der Waals surface area contributed by atoms with Crippen molar-refractivity contribution in [1.82, 2.24) is 15.2 Å². The number of nitrogens with one attached hydrogen (secondary N) is 2. The van der Waals surface area contributed by atoms with Gasteiger partial charge in [-0.15, -0.1) is 10.2 Å². The minimum Gasteiger partial charge on any atom is -0.423 e. The normalized spacial score (nSPS) is 11.2. The van der Waals surface area contributed by atoms with Crippen LogP contribution in [0, 0.1) is 6.92 Å². The van der Waals surface area contributed by atoms with E-state index in [0.717, 1.165) is 32.8 Å². The molecule has 0 unspecified atom stereocenters. The number of carbonyl (C=O) groups is 1. The fourth-order valence-electron chi connectivity index (χ4n) is 3.39. The molecule has 3 aromatic carbocycles. The van der Waals surface area contributed by atoms with Crippen molar-refractivity contribution in [3.63, 3.8) is 0 Å². The minimum atomic E-state index is -0.203. The van der Waals surface area contributed by atoms with Crippen LogP contribution in [0.5, 0.6) is 0 Å². The SMILES string of the molecule is Cc1ccc(-c2nnco2)cc1NC(=O)c1cc2c(ccc3ccccc32)[nH]1. The van der Waals surface area contributed by atoms with Crippen molar-refractivity contribution < 1.29 is 9.21 Å². The molecule has 0 atom stereocenters. The van der Waals surface area contributed by atoms with E-state index in [2.05, 4.69) is 32.6 Å². The summed E-state index contributed by atoms with van der Waals surface area (Å²) in [6, 6.07) is 19.7. The van der Waals surface area contributed by atoms with Gasteiger partial charge in [-0.25, -0.2) is 0 Å². The number of hydrogen-bond donors (Lipinski definition) is 2. The Kier molecular flexibility index (Phi) is 3.69. The highest BCUT2D eigenvalue weighted by molar-refractivity contribution is 6.12. The summed E-state index contributed by atoms with van der Waals surface area (Å²) < 4.78 is 5.24. The number of nitrogens with zero attached hydrogens (tertiary/aromatic N) is 2. The predicted octanol–water partition coefficient (Wildman–Crippen LogP) is 4.93. The first kappa shape index (κ1) is 16.3. The van der Waals surface area contributed by atoms with Crippen molar-refractivity contribution in [2.45, 2.75) is 6.92 Å². The van der Waals surface area contributed by atoms with Crippen LogP contribution in [0.2, 0.25) is 0 Å². The molecule has 0 aliphatic carbocycles. The molecule has 0 aliphatic heterocycles. The summed E-state index contributed by atoms with van der Waals surface area (Å²) in [4.78, 5) is 16.1. The zero-order chi connectivity index (χ0) is 19.1. The van der Waals surface area contributed by atoms with Crippen LogP contribution in [0.3, 0.4) is 0 Å². The van der Waals surface area contributed by atoms with Crippen LogP contribution < -0.4 is 5.32 Å². The second-order valence-electron chi connectivity index (χ2n) is 6.66. The summed E-state index contributed by atoms with van der Waals surface area (Å²) in [5.41, 5.74) is 3.83. The quantitative estimate of drug-likeness (QED) is 0.473. The number of fused-ring (bicyclic) bond motifs is 3. The highest BCUT2D eigenvalue weighted by Crippen LogP contribution is 2.27. The lowest BCUT2D eigenvalue weighted by Crippen LogP contribution is -2.13. The van der Waals surface area contributed by atoms with Crippen molar-refractivity contribution in [1.29, 1.82) is 0 Å². The van der Waals surface area contributed by atoms with E-state index < -0.39 is 0 Å². The molecule has 1 amide bonds. The molecule has 0 saturated carbocycles. The Morgan fingerprint density at radius 2 is 1.93 bits per heavy atom. The number of aryl methyl sites for hydroxylation is 1. The maximum absolute atomic E-state index is 12.9. The van der Waals surface area contributed by atoms with Crippen LogP contribution in [-0.4, -0.2) is 21.1 Å². The van der Waals surface area contributed by atoms with Crippen LogP contribution in [-0.2, 0) is 0 Å². The zero-order valence-electron chi connectivity index (χ0n) is 15.1. The summed E-state index contributed by atoms with van der Waals surface area (Å²) in [7, 11) is 0. The molecule has 0 aliphatic rings. The summed E-state index contributed by atoms with van der Waals surface area (Å²) in [5.74, 6) is 0.207. The van der Waals surface area contributed by atoms with E-state index in [4.69, 9.17) is 4.42 Å². The average molecular weight is 368 g/mol. The monoisotopic (exact) mass is 368 g/mol. The number of benzene rings is 3. The third-order valence-corrected chi connectivity index (χ3v) is 4.87. The van der Waals surface area contributed by atoms with Gasteiger partial charge in [0.2, 0.25) is 12.3 Å². The van der Waals surface area contributed by atoms with Gasteiger partial charge in [0.05, 0.1) is 0 Å². The minimum absolute atomic E-state index is 0.203. The first-order valence-electron chi connectivity index (χ1n) is 8.88. The Bertz CT molecular complexity index is 1320. The molecule has 5 rings (SSSR count). The fourth-order valence-corrected chi connectivity index (χ4v) is 3.39. The molecule has 0 spiro atoms. The number of amides is 1. The van der Waals surface area contributed by atoms with E-state index in [1.165, 1.54) is 6.39 Å². The fraction of sp³-hybridized carbons (Fsp3) is 0.0455. The lowest BCUT2D eigenvalue weighted by atomic mass is 10.1. The number of aromatic nitrogens is 3. The van der Waals surface area contributed by atoms with Gasteiger partial charge in [0.1, 0.15) is 5.69 Å². The van der Waals surface area contributed by atoms with Crippen LogP contribution in [0.15, 0.2) is 71.5 Å². The Morgan fingerprint density at radius 1 is 1.04 bits per heavy atom. The lowest BCUT2D eigenvalue weighted by Gasteiger charge is -2.08. The summed E-state index contributed by atoms with van der Waals surface area (Å²) in [5, 5.41) is 13.9. The van der Waals surface area contributed by atoms with Crippen molar-refractivity contribution >= 4 is 33.3 Å². The molecule has 136 valence electrons. The molecule has 5 aromatic rings. The second kappa shape index (κ2) is 6.35. The molecular weight excluding hydrogens is 352 g/mol. The van der Waals surface area contributed by atoms with Gasteiger partial charge in [-0.05, 0) is 47.5 Å². The number of hydrogen-bond acceptors (Lipinski definition) is 4. The van der Waals surface area contributed by atoms with Gasteiger partial charge >= 0.3 is 0 Å². The molecule has 2 heterocycles. The van der Waals surface area contributed by atoms with Crippen LogP contribution in [0.4, 0.5) is 5.69 Å². The number of carbonyl (C=O) groups excluding carboxylic acids is 1. The van der Waals surface area contributed by atoms with Crippen molar-refractivity contribution in [2.24, 2.45) is 0 Å². The zero-order valence-corrected chi connectivity index (χ0v) is 15.1. The Labute approximate surface area is 160 Å². The first-order valence-corrected chi connectivity index (χ1v) is 8.88. The second-order valence-corrected chi connectivity index (χ2v) is 6.66. The molecule has 0 bridgehead atoms. The Balaban J connectivity index is 1.50. The standard InChI is InChI=1S/C22H16N4O2/c1-13-6-7-15(22-26-23-12-28-22)10-19(13)25-21(27)20-11-17-16-5-3-2-4-14(16)8-9-18(17)24-20/h2-12,24H,1H3,(H,25,27). The largest absolute Gasteiger partial charge is 0.423 e. The van der Waals surface area contributed by atoms with Crippen LogP contribution in [0.25, 0.3) is 33.1 Å². The molecule has 6 nitrogen and oxygen atoms in total. The maximum atomic E-state index is 12.9. The van der Waals surface area contributed by atoms with Gasteiger partial charge in [-0.2, -0.15) is 0 Å². The molecule has 2 aromatic heterocycles. The average Bonchev–Trinajstić information content (AvgIpc) is 3.39. The summed E-state index contributed by atoms with van der Waals surface area (Å²) in [6.07, 6.45) is 1.28. The number of H-pyrrole nitrogens is 1. The first-order chi connectivity index (χ1) is 13.7. The summed E-state index contributed by atoms with van der Waals surface area (Å²) in [6.45, 7) is 1.94. The van der Waals surface area contributed by atoms with Gasteiger partial charge in [-0.3, -0.25) is 4.79 Å².